The number of benzene rings is 1. The molecule has 0 saturated carbocycles. The van der Waals surface area contributed by atoms with Crippen LogP contribution in [0.25, 0.3) is 0 Å². The van der Waals surface area contributed by atoms with E-state index in [2.05, 4.69) is 0 Å². The lowest BCUT2D eigenvalue weighted by Crippen LogP contribution is -2.48. The number of carbonyl (C=O) groups is 3. The van der Waals surface area contributed by atoms with E-state index in [4.69, 9.17) is 9.84 Å². The van der Waals surface area contributed by atoms with Gasteiger partial charge in [-0.1, -0.05) is 18.2 Å². The monoisotopic (exact) mass is 263 g/mol. The number of methoxy groups -OCH3 is 1. The number of carboxylic acid groups (broad SMARTS) is 1. The SMILES string of the molecule is COC(CN1C(=O)Cc2ccccc2C1=O)C(=O)O. The van der Waals surface area contributed by atoms with Crippen LogP contribution in [0.5, 0.6) is 0 Å². The molecule has 0 bridgehead atoms. The average Bonchev–Trinajstić information content (AvgIpc) is 2.38. The molecule has 1 aliphatic heterocycles. The first-order chi connectivity index (χ1) is 9.04. The van der Waals surface area contributed by atoms with Crippen LogP contribution < -0.4 is 0 Å². The fourth-order valence-electron chi connectivity index (χ4n) is 2.00. The van der Waals surface area contributed by atoms with Gasteiger partial charge in [0.15, 0.2) is 6.10 Å². The molecule has 6 nitrogen and oxygen atoms in total. The molecule has 1 heterocycles. The number of carboxylic acids is 1. The molecule has 1 aromatic rings. The fourth-order valence-corrected chi connectivity index (χ4v) is 2.00. The van der Waals surface area contributed by atoms with Crippen LogP contribution in [-0.2, 0) is 20.7 Å². The van der Waals surface area contributed by atoms with Crippen LogP contribution in [0.2, 0.25) is 0 Å². The highest BCUT2D eigenvalue weighted by atomic mass is 16.5. The summed E-state index contributed by atoms with van der Waals surface area (Å²) in [7, 11) is 1.23. The van der Waals surface area contributed by atoms with Gasteiger partial charge in [-0.3, -0.25) is 14.5 Å². The van der Waals surface area contributed by atoms with Crippen LogP contribution in [0.3, 0.4) is 0 Å². The van der Waals surface area contributed by atoms with Gasteiger partial charge in [-0.2, -0.15) is 0 Å². The summed E-state index contributed by atoms with van der Waals surface area (Å²) in [6, 6.07) is 6.80. The van der Waals surface area contributed by atoms with Crippen LogP contribution >= 0.6 is 0 Å². The smallest absolute Gasteiger partial charge is 0.334 e. The van der Waals surface area contributed by atoms with Crippen LogP contribution in [0.4, 0.5) is 0 Å². The second-order valence-corrected chi connectivity index (χ2v) is 4.21. The number of hydrogen-bond acceptors (Lipinski definition) is 4. The van der Waals surface area contributed by atoms with Gasteiger partial charge in [-0.15, -0.1) is 0 Å². The third-order valence-corrected chi connectivity index (χ3v) is 3.04. The summed E-state index contributed by atoms with van der Waals surface area (Å²) < 4.78 is 4.75. The molecule has 0 fully saturated rings. The average molecular weight is 263 g/mol. The molecule has 1 atom stereocenters. The van der Waals surface area contributed by atoms with Crippen molar-refractivity contribution in [3.63, 3.8) is 0 Å². The van der Waals surface area contributed by atoms with Crippen molar-refractivity contribution in [1.82, 2.24) is 4.90 Å². The molecule has 6 heteroatoms. The summed E-state index contributed by atoms with van der Waals surface area (Å²) in [5.74, 6) is -2.09. The molecule has 0 spiro atoms. The molecule has 1 unspecified atom stereocenters. The van der Waals surface area contributed by atoms with Gasteiger partial charge in [0.1, 0.15) is 0 Å². The van der Waals surface area contributed by atoms with E-state index in [1.54, 1.807) is 24.3 Å². The first-order valence-electron chi connectivity index (χ1n) is 5.72. The van der Waals surface area contributed by atoms with Crippen molar-refractivity contribution in [1.29, 1.82) is 0 Å². The number of nitrogens with zero attached hydrogens (tertiary/aromatic N) is 1. The number of fused-ring (bicyclic) bond motifs is 1. The number of amides is 2. The molecule has 1 aromatic carbocycles. The highest BCUT2D eigenvalue weighted by Crippen LogP contribution is 2.20. The topological polar surface area (TPSA) is 83.9 Å². The van der Waals surface area contributed by atoms with Crippen molar-refractivity contribution in [3.05, 3.63) is 35.4 Å². The molecule has 2 amide bonds. The molecule has 100 valence electrons. The van der Waals surface area contributed by atoms with Crippen molar-refractivity contribution in [2.24, 2.45) is 0 Å². The van der Waals surface area contributed by atoms with Gasteiger partial charge in [0.05, 0.1) is 13.0 Å². The molecule has 1 N–H and O–H groups in total. The Morgan fingerprint density at radius 2 is 2.11 bits per heavy atom. The number of ether oxygens (including phenoxy) is 1. The standard InChI is InChI=1S/C13H13NO5/c1-19-10(13(17)18)7-14-11(15)6-8-4-2-3-5-9(8)12(14)16/h2-5,10H,6-7H2,1H3,(H,17,18). The Labute approximate surface area is 109 Å². The highest BCUT2D eigenvalue weighted by molar-refractivity contribution is 6.09. The van der Waals surface area contributed by atoms with Crippen LogP contribution in [0, 0.1) is 0 Å². The van der Waals surface area contributed by atoms with Crippen molar-refractivity contribution in [2.45, 2.75) is 12.5 Å². The van der Waals surface area contributed by atoms with E-state index in [1.807, 2.05) is 0 Å². The van der Waals surface area contributed by atoms with Gasteiger partial charge in [0.2, 0.25) is 5.91 Å². The zero-order chi connectivity index (χ0) is 14.0. The van der Waals surface area contributed by atoms with E-state index in [0.29, 0.717) is 11.1 Å². The van der Waals surface area contributed by atoms with Gasteiger partial charge >= 0.3 is 5.97 Å². The highest BCUT2D eigenvalue weighted by Gasteiger charge is 2.33. The van der Waals surface area contributed by atoms with Crippen molar-refractivity contribution >= 4 is 17.8 Å². The predicted molar refractivity (Wildman–Crippen MR) is 64.6 cm³/mol. The quantitative estimate of drug-likeness (QED) is 0.790. The van der Waals surface area contributed by atoms with Gasteiger partial charge in [-0.05, 0) is 11.6 Å². The number of imide groups is 1. The van der Waals surface area contributed by atoms with Crippen LogP contribution in [0.1, 0.15) is 15.9 Å². The molecule has 19 heavy (non-hydrogen) atoms. The Morgan fingerprint density at radius 3 is 2.74 bits per heavy atom. The first-order valence-corrected chi connectivity index (χ1v) is 5.72. The predicted octanol–water partition coefficient (Wildman–Crippen LogP) is 0.311. The lowest BCUT2D eigenvalue weighted by Gasteiger charge is -2.28. The first kappa shape index (κ1) is 13.2. The summed E-state index contributed by atoms with van der Waals surface area (Å²) in [5.41, 5.74) is 1.10. The Kier molecular flexibility index (Phi) is 3.62. The van der Waals surface area contributed by atoms with E-state index in [-0.39, 0.29) is 13.0 Å². The zero-order valence-electron chi connectivity index (χ0n) is 10.3. The molecule has 0 radical (unpaired) electrons. The maximum atomic E-state index is 12.2. The van der Waals surface area contributed by atoms with Crippen molar-refractivity contribution in [3.8, 4) is 0 Å². The number of hydrogen-bond donors (Lipinski definition) is 1. The normalized spacial score (nSPS) is 16.2. The van der Waals surface area contributed by atoms with Gasteiger partial charge in [0.25, 0.3) is 5.91 Å². The molecule has 0 saturated heterocycles. The minimum Gasteiger partial charge on any atom is -0.479 e. The second kappa shape index (κ2) is 5.19. The minimum atomic E-state index is -1.21. The lowest BCUT2D eigenvalue weighted by atomic mass is 9.98. The van der Waals surface area contributed by atoms with Crippen LogP contribution in [0.15, 0.2) is 24.3 Å². The maximum absolute atomic E-state index is 12.2. The Balaban J connectivity index is 2.26. The Morgan fingerprint density at radius 1 is 1.42 bits per heavy atom. The number of carbonyl (C=O) groups excluding carboxylic acids is 2. The third-order valence-electron chi connectivity index (χ3n) is 3.04. The van der Waals surface area contributed by atoms with Crippen LogP contribution in [-0.4, -0.2) is 47.5 Å². The minimum absolute atomic E-state index is 0.0952. The molecule has 0 aliphatic carbocycles. The van der Waals surface area contributed by atoms with E-state index in [9.17, 15) is 14.4 Å². The van der Waals surface area contributed by atoms with E-state index in [0.717, 1.165) is 4.90 Å². The third kappa shape index (κ3) is 2.48. The number of rotatable bonds is 4. The van der Waals surface area contributed by atoms with Crippen molar-refractivity contribution in [2.75, 3.05) is 13.7 Å². The largest absolute Gasteiger partial charge is 0.479 e. The molecule has 0 aromatic heterocycles. The van der Waals surface area contributed by atoms with Gasteiger partial charge < -0.3 is 9.84 Å². The Bertz CT molecular complexity index is 540. The number of aliphatic carboxylic acids is 1. The zero-order valence-corrected chi connectivity index (χ0v) is 10.3. The fraction of sp³-hybridized carbons (Fsp3) is 0.308. The molecule has 2 rings (SSSR count). The summed E-state index contributed by atoms with van der Waals surface area (Å²) in [5, 5.41) is 8.90. The van der Waals surface area contributed by atoms with Gasteiger partial charge in [-0.25, -0.2) is 4.79 Å². The maximum Gasteiger partial charge on any atom is 0.334 e. The second-order valence-electron chi connectivity index (χ2n) is 4.21. The summed E-state index contributed by atoms with van der Waals surface area (Å²) in [6.07, 6.45) is -1.11. The molecular formula is C13H13NO5. The van der Waals surface area contributed by atoms with E-state index >= 15 is 0 Å². The Hall–Kier alpha value is -2.21. The summed E-state index contributed by atoms with van der Waals surface area (Å²) in [4.78, 5) is 35.9. The summed E-state index contributed by atoms with van der Waals surface area (Å²) in [6.45, 7) is -0.280. The molecule has 1 aliphatic rings. The van der Waals surface area contributed by atoms with Crippen molar-refractivity contribution < 1.29 is 24.2 Å². The van der Waals surface area contributed by atoms with Gasteiger partial charge in [0, 0.05) is 12.7 Å². The summed E-state index contributed by atoms with van der Waals surface area (Å²) >= 11 is 0. The lowest BCUT2D eigenvalue weighted by molar-refractivity contribution is -0.150. The molecular weight excluding hydrogens is 250 g/mol. The van der Waals surface area contributed by atoms with E-state index in [1.165, 1.54) is 7.11 Å². The van der Waals surface area contributed by atoms with E-state index < -0.39 is 23.9 Å².